The van der Waals surface area contributed by atoms with Gasteiger partial charge in [-0.15, -0.1) is 0 Å². The lowest BCUT2D eigenvalue weighted by Crippen LogP contribution is -2.24. The molecule has 0 bridgehead atoms. The Morgan fingerprint density at radius 3 is 2.67 bits per heavy atom. The summed E-state index contributed by atoms with van der Waals surface area (Å²) in [7, 11) is -3.01. The lowest BCUT2D eigenvalue weighted by molar-refractivity contribution is -0.119. The maximum Gasteiger partial charge on any atom is 0.228 e. The van der Waals surface area contributed by atoms with Crippen LogP contribution in [-0.4, -0.2) is 25.8 Å². The van der Waals surface area contributed by atoms with Crippen molar-refractivity contribution in [1.82, 2.24) is 0 Å². The maximum absolute atomic E-state index is 12.0. The van der Waals surface area contributed by atoms with Gasteiger partial charge in [0.1, 0.15) is 0 Å². The number of carbonyl (C=O) groups excluding carboxylic acids is 1. The van der Waals surface area contributed by atoms with E-state index in [1.165, 1.54) is 0 Å². The minimum absolute atomic E-state index is 0.0241. The average Bonchev–Trinajstić information content (AvgIpc) is 2.64. The molecule has 0 aliphatic carbocycles. The fraction of sp³-hybridized carbons (Fsp3) is 0.462. The smallest absolute Gasteiger partial charge is 0.228 e. The summed E-state index contributed by atoms with van der Waals surface area (Å²) in [5.74, 6) is -0.499. The quantitative estimate of drug-likeness (QED) is 0.886. The predicted molar refractivity (Wildman–Crippen MR) is 71.3 cm³/mol. The van der Waals surface area contributed by atoms with E-state index in [0.29, 0.717) is 6.42 Å². The molecule has 1 atom stereocenters. The zero-order valence-electron chi connectivity index (χ0n) is 10.6. The van der Waals surface area contributed by atoms with Gasteiger partial charge in [-0.05, 0) is 37.5 Å². The summed E-state index contributed by atoms with van der Waals surface area (Å²) in [6, 6.07) is 5.82. The molecule has 1 amide bonds. The summed E-state index contributed by atoms with van der Waals surface area (Å²) >= 11 is 0. The van der Waals surface area contributed by atoms with Gasteiger partial charge in [-0.2, -0.15) is 0 Å². The molecule has 1 aliphatic heterocycles. The molecule has 0 aromatic heterocycles. The van der Waals surface area contributed by atoms with Crippen LogP contribution < -0.4 is 5.32 Å². The first-order valence-electron chi connectivity index (χ1n) is 5.96. The molecule has 1 saturated heterocycles. The molecule has 1 aromatic rings. The molecule has 0 radical (unpaired) electrons. The number of hydrogen-bond acceptors (Lipinski definition) is 3. The van der Waals surface area contributed by atoms with Crippen LogP contribution in [0.3, 0.4) is 0 Å². The van der Waals surface area contributed by atoms with Crippen LogP contribution in [0.5, 0.6) is 0 Å². The lowest BCUT2D eigenvalue weighted by atomic mass is 10.1. The number of benzene rings is 1. The van der Waals surface area contributed by atoms with Gasteiger partial charge in [0.2, 0.25) is 5.91 Å². The van der Waals surface area contributed by atoms with Crippen LogP contribution in [0.4, 0.5) is 5.69 Å². The Hall–Kier alpha value is -1.36. The van der Waals surface area contributed by atoms with Crippen molar-refractivity contribution < 1.29 is 13.2 Å². The highest BCUT2D eigenvalue weighted by molar-refractivity contribution is 7.91. The van der Waals surface area contributed by atoms with Crippen molar-refractivity contribution in [1.29, 1.82) is 0 Å². The highest BCUT2D eigenvalue weighted by Crippen LogP contribution is 2.22. The standard InChI is InChI=1S/C13H17NO3S/c1-9-3-4-10(2)12(7-9)14-13(15)11-5-6-18(16,17)8-11/h3-4,7,11H,5-6,8H2,1-2H3,(H,14,15)/t11-/m0/s1. The molecule has 2 rings (SSSR count). The van der Waals surface area contributed by atoms with Crippen LogP contribution >= 0.6 is 0 Å². The Labute approximate surface area is 107 Å². The summed E-state index contributed by atoms with van der Waals surface area (Å²) in [5, 5.41) is 2.83. The van der Waals surface area contributed by atoms with Crippen LogP contribution in [-0.2, 0) is 14.6 Å². The average molecular weight is 267 g/mol. The highest BCUT2D eigenvalue weighted by atomic mass is 32.2. The van der Waals surface area contributed by atoms with Crippen LogP contribution in [0.15, 0.2) is 18.2 Å². The predicted octanol–water partition coefficient (Wildman–Crippen LogP) is 1.68. The Bertz CT molecular complexity index is 578. The van der Waals surface area contributed by atoms with Gasteiger partial charge in [-0.1, -0.05) is 12.1 Å². The topological polar surface area (TPSA) is 63.2 Å². The van der Waals surface area contributed by atoms with Gasteiger partial charge < -0.3 is 5.32 Å². The Morgan fingerprint density at radius 2 is 2.06 bits per heavy atom. The van der Waals surface area contributed by atoms with Gasteiger partial charge in [-0.3, -0.25) is 4.79 Å². The highest BCUT2D eigenvalue weighted by Gasteiger charge is 2.33. The molecule has 1 aliphatic rings. The third kappa shape index (κ3) is 2.90. The van der Waals surface area contributed by atoms with Crippen molar-refractivity contribution >= 4 is 21.4 Å². The Morgan fingerprint density at radius 1 is 1.33 bits per heavy atom. The van der Waals surface area contributed by atoms with Gasteiger partial charge in [0.05, 0.1) is 17.4 Å². The number of aryl methyl sites for hydroxylation is 2. The molecular formula is C13H17NO3S. The zero-order chi connectivity index (χ0) is 13.3. The van der Waals surface area contributed by atoms with Gasteiger partial charge in [-0.25, -0.2) is 8.42 Å². The molecule has 1 aromatic carbocycles. The Kier molecular flexibility index (Phi) is 3.43. The molecule has 98 valence electrons. The zero-order valence-corrected chi connectivity index (χ0v) is 11.4. The first kappa shape index (κ1) is 13.1. The Balaban J connectivity index is 2.10. The van der Waals surface area contributed by atoms with E-state index >= 15 is 0 Å². The summed E-state index contributed by atoms with van der Waals surface area (Å²) < 4.78 is 22.7. The monoisotopic (exact) mass is 267 g/mol. The fourth-order valence-electron chi connectivity index (χ4n) is 2.11. The number of carbonyl (C=O) groups is 1. The summed E-state index contributed by atoms with van der Waals surface area (Å²) in [4.78, 5) is 12.0. The second kappa shape index (κ2) is 4.72. The van der Waals surface area contributed by atoms with Crippen molar-refractivity contribution in [3.05, 3.63) is 29.3 Å². The normalized spacial score (nSPS) is 21.8. The molecular weight excluding hydrogens is 250 g/mol. The van der Waals surface area contributed by atoms with Gasteiger partial charge >= 0.3 is 0 Å². The number of hydrogen-bond donors (Lipinski definition) is 1. The van der Waals surface area contributed by atoms with Crippen molar-refractivity contribution in [3.63, 3.8) is 0 Å². The minimum atomic E-state index is -3.01. The molecule has 4 nitrogen and oxygen atoms in total. The number of amides is 1. The van der Waals surface area contributed by atoms with E-state index in [2.05, 4.69) is 5.32 Å². The van der Waals surface area contributed by atoms with Crippen molar-refractivity contribution in [3.8, 4) is 0 Å². The molecule has 5 heteroatoms. The summed E-state index contributed by atoms with van der Waals surface area (Å²) in [5.41, 5.74) is 2.81. The van der Waals surface area contributed by atoms with Crippen LogP contribution in [0, 0.1) is 19.8 Å². The summed E-state index contributed by atoms with van der Waals surface area (Å²) in [6.07, 6.45) is 0.430. The van der Waals surface area contributed by atoms with Crippen LogP contribution in [0.1, 0.15) is 17.5 Å². The minimum Gasteiger partial charge on any atom is -0.326 e. The SMILES string of the molecule is Cc1ccc(C)c(NC(=O)[C@H]2CCS(=O)(=O)C2)c1. The molecule has 18 heavy (non-hydrogen) atoms. The largest absolute Gasteiger partial charge is 0.326 e. The molecule has 0 unspecified atom stereocenters. The van der Waals surface area contributed by atoms with Gasteiger partial charge in [0.15, 0.2) is 9.84 Å². The van der Waals surface area contributed by atoms with Gasteiger partial charge in [0.25, 0.3) is 0 Å². The van der Waals surface area contributed by atoms with E-state index in [4.69, 9.17) is 0 Å². The van der Waals surface area contributed by atoms with E-state index in [1.54, 1.807) is 0 Å². The fourth-order valence-corrected chi connectivity index (χ4v) is 3.85. The second-order valence-electron chi connectivity index (χ2n) is 4.91. The van der Waals surface area contributed by atoms with Crippen molar-refractivity contribution in [2.24, 2.45) is 5.92 Å². The first-order valence-corrected chi connectivity index (χ1v) is 7.78. The lowest BCUT2D eigenvalue weighted by Gasteiger charge is -2.12. The number of rotatable bonds is 2. The van der Waals surface area contributed by atoms with Crippen LogP contribution in [0.25, 0.3) is 0 Å². The van der Waals surface area contributed by atoms with Crippen molar-refractivity contribution in [2.75, 3.05) is 16.8 Å². The number of anilines is 1. The second-order valence-corrected chi connectivity index (χ2v) is 7.14. The molecule has 0 saturated carbocycles. The van der Waals surface area contributed by atoms with Gasteiger partial charge in [0, 0.05) is 5.69 Å². The van der Waals surface area contributed by atoms with Crippen molar-refractivity contribution in [2.45, 2.75) is 20.3 Å². The van der Waals surface area contributed by atoms with E-state index in [0.717, 1.165) is 16.8 Å². The first-order chi connectivity index (χ1) is 8.37. The van der Waals surface area contributed by atoms with E-state index < -0.39 is 15.8 Å². The van der Waals surface area contributed by atoms with Crippen LogP contribution in [0.2, 0.25) is 0 Å². The van der Waals surface area contributed by atoms with E-state index in [-0.39, 0.29) is 17.4 Å². The third-order valence-corrected chi connectivity index (χ3v) is 5.02. The molecule has 1 heterocycles. The maximum atomic E-state index is 12.0. The molecule has 0 spiro atoms. The molecule has 1 fully saturated rings. The summed E-state index contributed by atoms with van der Waals surface area (Å²) in [6.45, 7) is 3.87. The molecule has 1 N–H and O–H groups in total. The number of sulfone groups is 1. The van der Waals surface area contributed by atoms with E-state index in [9.17, 15) is 13.2 Å². The third-order valence-electron chi connectivity index (χ3n) is 3.25. The number of nitrogens with one attached hydrogen (secondary N) is 1. The van der Waals surface area contributed by atoms with E-state index in [1.807, 2.05) is 32.0 Å².